The Labute approximate surface area is 347 Å². The number of hydrogen-bond donors (Lipinski definition) is 4. The molecule has 0 spiro atoms. The van der Waals surface area contributed by atoms with Crippen molar-refractivity contribution in [2.24, 2.45) is 29.6 Å². The van der Waals surface area contributed by atoms with E-state index in [1.165, 1.54) is 20.3 Å². The van der Waals surface area contributed by atoms with E-state index in [1.54, 1.807) is 12.3 Å². The van der Waals surface area contributed by atoms with E-state index in [0.717, 1.165) is 46.6 Å². The van der Waals surface area contributed by atoms with E-state index in [1.807, 2.05) is 73.9 Å². The van der Waals surface area contributed by atoms with Crippen LogP contribution in [-0.4, -0.2) is 92.1 Å². The smallest absolute Gasteiger partial charge is 0.407 e. The van der Waals surface area contributed by atoms with Gasteiger partial charge in [-0.05, 0) is 89.6 Å². The number of amides is 4. The molecule has 4 amide bonds. The van der Waals surface area contributed by atoms with E-state index in [2.05, 4.69) is 32.5 Å². The number of nitrogens with one attached hydrogen (secondary N) is 4. The molecule has 0 bridgehead atoms. The summed E-state index contributed by atoms with van der Waals surface area (Å²) in [7, 11) is 2.57. The van der Waals surface area contributed by atoms with E-state index in [9.17, 15) is 19.2 Å². The van der Waals surface area contributed by atoms with Crippen molar-refractivity contribution < 1.29 is 33.0 Å². The summed E-state index contributed by atoms with van der Waals surface area (Å²) in [6, 6.07) is 13.3. The molecule has 4 heterocycles. The normalized spacial score (nSPS) is 25.0. The molecule has 14 nitrogen and oxygen atoms in total. The predicted octanol–water partition coefficient (Wildman–Crippen LogP) is 7.24. The lowest BCUT2D eigenvalue weighted by Gasteiger charge is -2.32. The molecule has 2 saturated heterocycles. The molecule has 2 aliphatic carbocycles. The maximum atomic E-state index is 16.0. The third kappa shape index (κ3) is 6.71. The second-order valence-corrected chi connectivity index (χ2v) is 17.7. The standard InChI is InChI=1S/C45H51FN8O6/c1-20(2)36(51-44(57)59-6)42(55)53-33-16-26(33)17-34(53)40-47-19-32(49-40)28-12-9-24(15-30(28)46)23-8-11-27-25(14-23)10-13-31-38(27)50-41(48-31)35-18-29-22(5)39(29)54(35)43(56)37(21(3)4)52-45(58)60-7/h8-15,19-22,26,29,33-37,39H,16-18H2,1-7H3,(H,47,49)(H,48,50)(H,51,57)(H,52,58)/t22-,26-,29?,33-,34+,35+,36?,37+,39?/m1/s1. The van der Waals surface area contributed by atoms with Crippen LogP contribution < -0.4 is 10.6 Å². The first kappa shape index (κ1) is 39.5. The van der Waals surface area contributed by atoms with E-state index >= 15 is 4.39 Å². The highest BCUT2D eigenvalue weighted by molar-refractivity contribution is 6.05. The van der Waals surface area contributed by atoms with E-state index in [0.29, 0.717) is 46.2 Å². The molecule has 4 fully saturated rings. The number of aromatic amines is 2. The molecule has 2 aromatic heterocycles. The lowest BCUT2D eigenvalue weighted by atomic mass is 9.99. The number of rotatable bonds is 10. The Morgan fingerprint density at radius 1 is 0.800 bits per heavy atom. The fourth-order valence-electron chi connectivity index (χ4n) is 9.92. The van der Waals surface area contributed by atoms with Gasteiger partial charge >= 0.3 is 12.2 Å². The number of hydrogen-bond acceptors (Lipinski definition) is 8. The first-order valence-electron chi connectivity index (χ1n) is 20.9. The van der Waals surface area contributed by atoms with E-state index in [4.69, 9.17) is 14.5 Å². The molecule has 3 unspecified atom stereocenters. The van der Waals surface area contributed by atoms with Crippen LogP contribution in [0.25, 0.3) is 44.2 Å². The number of aromatic nitrogens is 4. The lowest BCUT2D eigenvalue weighted by Crippen LogP contribution is -2.52. The molecule has 9 rings (SSSR count). The largest absolute Gasteiger partial charge is 0.453 e. The Balaban J connectivity index is 0.944. The zero-order chi connectivity index (χ0) is 42.3. The van der Waals surface area contributed by atoms with Crippen molar-refractivity contribution in [3.63, 3.8) is 0 Å². The molecule has 3 aromatic carbocycles. The van der Waals surface area contributed by atoms with Gasteiger partial charge in [0.2, 0.25) is 11.8 Å². The van der Waals surface area contributed by atoms with Gasteiger partial charge in [0.05, 0.1) is 49.2 Å². The lowest BCUT2D eigenvalue weighted by molar-refractivity contribution is -0.137. The summed E-state index contributed by atoms with van der Waals surface area (Å²) in [5.74, 6) is 1.42. The van der Waals surface area contributed by atoms with Crippen LogP contribution in [0, 0.1) is 35.4 Å². The summed E-state index contributed by atoms with van der Waals surface area (Å²) < 4.78 is 25.6. The molecule has 0 radical (unpaired) electrons. The topological polar surface area (TPSA) is 175 Å². The number of piperidine rings is 2. The van der Waals surface area contributed by atoms with Gasteiger partial charge in [-0.1, -0.05) is 58.9 Å². The molecule has 15 heteroatoms. The van der Waals surface area contributed by atoms with Crippen molar-refractivity contribution in [1.29, 1.82) is 0 Å². The number of nitrogens with zero attached hydrogens (tertiary/aromatic N) is 4. The van der Waals surface area contributed by atoms with Gasteiger partial charge in [-0.25, -0.2) is 23.9 Å². The highest BCUT2D eigenvalue weighted by Crippen LogP contribution is 2.58. The van der Waals surface area contributed by atoms with Crippen molar-refractivity contribution in [2.75, 3.05) is 14.2 Å². The number of fused-ring (bicyclic) bond motifs is 5. The Morgan fingerprint density at radius 3 is 2.12 bits per heavy atom. The summed E-state index contributed by atoms with van der Waals surface area (Å²) in [6.07, 6.45) is 2.77. The van der Waals surface area contributed by atoms with Gasteiger partial charge in [0, 0.05) is 23.0 Å². The number of likely N-dealkylation sites (tertiary alicyclic amines) is 2. The second-order valence-electron chi connectivity index (χ2n) is 17.7. The van der Waals surface area contributed by atoms with E-state index < -0.39 is 30.1 Å². The molecule has 60 heavy (non-hydrogen) atoms. The van der Waals surface area contributed by atoms with Crippen LogP contribution >= 0.6 is 0 Å². The van der Waals surface area contributed by atoms with Crippen LogP contribution in [0.2, 0.25) is 0 Å². The molecular formula is C45H51FN8O6. The van der Waals surface area contributed by atoms with Gasteiger partial charge in [0.15, 0.2) is 0 Å². The number of ether oxygens (including phenoxy) is 2. The monoisotopic (exact) mass is 818 g/mol. The Morgan fingerprint density at radius 2 is 1.45 bits per heavy atom. The highest BCUT2D eigenvalue weighted by Gasteiger charge is 2.62. The third-order valence-corrected chi connectivity index (χ3v) is 13.4. The van der Waals surface area contributed by atoms with Crippen molar-refractivity contribution >= 4 is 45.8 Å². The van der Waals surface area contributed by atoms with Crippen molar-refractivity contribution in [2.45, 2.75) is 90.1 Å². The highest BCUT2D eigenvalue weighted by atomic mass is 19.1. The fraction of sp³-hybridized carbons (Fsp3) is 0.467. The number of imidazole rings is 2. The molecule has 2 saturated carbocycles. The van der Waals surface area contributed by atoms with Gasteiger partial charge in [-0.15, -0.1) is 0 Å². The number of methoxy groups -OCH3 is 2. The zero-order valence-electron chi connectivity index (χ0n) is 34.8. The van der Waals surface area contributed by atoms with Gasteiger partial charge in [-0.3, -0.25) is 9.59 Å². The van der Waals surface area contributed by atoms with Crippen LogP contribution in [0.4, 0.5) is 14.0 Å². The number of carbonyl (C=O) groups excluding carboxylic acids is 4. The summed E-state index contributed by atoms with van der Waals surface area (Å²) in [4.78, 5) is 72.4. The van der Waals surface area contributed by atoms with Gasteiger partial charge < -0.3 is 39.9 Å². The van der Waals surface area contributed by atoms with Gasteiger partial charge in [0.1, 0.15) is 29.5 Å². The maximum absolute atomic E-state index is 16.0. The molecule has 4 N–H and O–H groups in total. The summed E-state index contributed by atoms with van der Waals surface area (Å²) in [6.45, 7) is 9.75. The van der Waals surface area contributed by atoms with Crippen LogP contribution in [0.15, 0.2) is 54.7 Å². The van der Waals surface area contributed by atoms with Crippen LogP contribution in [0.1, 0.15) is 77.6 Å². The Hall–Kier alpha value is -5.99. The van der Waals surface area contributed by atoms with Gasteiger partial charge in [-0.2, -0.15) is 0 Å². The molecule has 4 aliphatic rings. The van der Waals surface area contributed by atoms with Crippen LogP contribution in [-0.2, 0) is 19.1 Å². The average molecular weight is 819 g/mol. The predicted molar refractivity (Wildman–Crippen MR) is 222 cm³/mol. The quantitative estimate of drug-likeness (QED) is 0.114. The van der Waals surface area contributed by atoms with Crippen LogP contribution in [0.5, 0.6) is 0 Å². The minimum Gasteiger partial charge on any atom is -0.453 e. The zero-order valence-corrected chi connectivity index (χ0v) is 34.8. The molecular weight excluding hydrogens is 768 g/mol. The molecule has 314 valence electrons. The maximum Gasteiger partial charge on any atom is 0.407 e. The first-order valence-corrected chi connectivity index (χ1v) is 20.9. The Kier molecular flexibility index (Phi) is 9.82. The molecule has 2 aliphatic heterocycles. The second kappa shape index (κ2) is 14.9. The van der Waals surface area contributed by atoms with Crippen LogP contribution in [0.3, 0.4) is 0 Å². The SMILES string of the molecule is COC(=O)NC(C(=O)N1[C@@H]2C[C@@H]2C[C@H]1c1ncc(-c2ccc(-c3ccc4c(ccc5nc([C@@H]6CC7C([C@@H]7C)N6C(=O)[C@@H](NC(=O)OC)C(C)C)[nH]c54)c3)cc2F)[nH]1)C(C)C. The Bertz CT molecular complexity index is 2530. The third-order valence-electron chi connectivity index (χ3n) is 13.4. The van der Waals surface area contributed by atoms with E-state index in [-0.39, 0.29) is 47.8 Å². The summed E-state index contributed by atoms with van der Waals surface area (Å²) in [5, 5.41) is 7.35. The average Bonchev–Trinajstić information content (AvgIpc) is 3.71. The minimum atomic E-state index is -0.742. The van der Waals surface area contributed by atoms with Crippen molar-refractivity contribution in [3.8, 4) is 22.4 Å². The minimum absolute atomic E-state index is 0.0877. The number of halogens is 1. The number of H-pyrrole nitrogens is 2. The number of alkyl carbamates (subject to hydrolysis) is 2. The fourth-order valence-corrected chi connectivity index (χ4v) is 9.92. The summed E-state index contributed by atoms with van der Waals surface area (Å²) in [5.41, 5.74) is 4.08. The molecule has 9 atom stereocenters. The molecule has 5 aromatic rings. The van der Waals surface area contributed by atoms with Crippen molar-refractivity contribution in [3.05, 3.63) is 72.2 Å². The number of benzene rings is 3. The summed E-state index contributed by atoms with van der Waals surface area (Å²) >= 11 is 0. The first-order chi connectivity index (χ1) is 28.8. The van der Waals surface area contributed by atoms with Gasteiger partial charge in [0.25, 0.3) is 0 Å². The number of carbonyl (C=O) groups is 4. The van der Waals surface area contributed by atoms with Crippen molar-refractivity contribution in [1.82, 2.24) is 40.4 Å².